The average molecular weight is 271 g/mol. The molecule has 0 aromatic heterocycles. The second kappa shape index (κ2) is 6.33. The van der Waals surface area contributed by atoms with Gasteiger partial charge in [-0.2, -0.15) is 0 Å². The minimum absolute atomic E-state index is 0.0345. The van der Waals surface area contributed by atoms with Gasteiger partial charge < -0.3 is 10.5 Å². The molecule has 0 atom stereocenters. The number of hydrogen-bond donors (Lipinski definition) is 1. The Hall–Kier alpha value is -0.150. The molecule has 0 amide bonds. The van der Waals surface area contributed by atoms with Crippen molar-refractivity contribution in [2.24, 2.45) is 16.6 Å². The fourth-order valence-corrected chi connectivity index (χ4v) is 2.53. The van der Waals surface area contributed by atoms with Crippen LogP contribution < -0.4 is 5.73 Å². The number of ether oxygens (including phenoxy) is 1. The molecule has 1 aliphatic rings. The molecule has 0 spiro atoms. The zero-order valence-electron chi connectivity index (χ0n) is 12.4. The van der Waals surface area contributed by atoms with Crippen molar-refractivity contribution in [2.45, 2.75) is 72.3 Å². The van der Waals surface area contributed by atoms with Crippen LogP contribution in [0, 0.1) is 10.8 Å². The summed E-state index contributed by atoms with van der Waals surface area (Å²) < 4.78 is 5.97. The smallest absolute Gasteiger partial charge is 0.0784 e. The third-order valence-corrected chi connectivity index (χ3v) is 4.81. The Kier molecular flexibility index (Phi) is 5.60. The van der Waals surface area contributed by atoms with Gasteiger partial charge in [0.15, 0.2) is 0 Å². The van der Waals surface area contributed by atoms with Crippen LogP contribution in [0.5, 0.6) is 0 Å². The number of hydrogen-bond acceptors (Lipinski definition) is 2. The first kappa shape index (κ1) is 15.9. The Balaban J connectivity index is 2.14. The second-order valence-corrected chi connectivity index (χ2v) is 7.53. The van der Waals surface area contributed by atoms with Crippen molar-refractivity contribution < 1.29 is 4.74 Å². The molecule has 0 aromatic carbocycles. The first-order chi connectivity index (χ1) is 8.23. The molecule has 2 N–H and O–H groups in total. The van der Waals surface area contributed by atoms with Crippen molar-refractivity contribution in [3.63, 3.8) is 0 Å². The Morgan fingerprint density at radius 3 is 2.39 bits per heavy atom. The summed E-state index contributed by atoms with van der Waals surface area (Å²) in [4.78, 5) is 0.613. The van der Waals surface area contributed by atoms with Gasteiger partial charge in [0.2, 0.25) is 0 Å². The van der Waals surface area contributed by atoms with Crippen LogP contribution in [-0.2, 0) is 4.74 Å². The third-order valence-electron chi connectivity index (χ3n) is 4.25. The fourth-order valence-electron chi connectivity index (χ4n) is 2.43. The summed E-state index contributed by atoms with van der Waals surface area (Å²) in [6, 6.07) is 0. The molecule has 0 unspecified atom stereocenters. The monoisotopic (exact) mass is 271 g/mol. The summed E-state index contributed by atoms with van der Waals surface area (Å²) in [5.74, 6) is 0. The lowest BCUT2D eigenvalue weighted by Crippen LogP contribution is -2.30. The minimum Gasteiger partial charge on any atom is -0.393 e. The van der Waals surface area contributed by atoms with Gasteiger partial charge in [0.05, 0.1) is 11.1 Å². The van der Waals surface area contributed by atoms with Gasteiger partial charge in [-0.15, -0.1) is 0 Å². The standard InChI is InChI=1S/C15H29NOS/c1-14(2)9-6-12(7-10-14)17-11-5-8-15(3,4)13(16)18/h12H,5-11H2,1-4H3,(H2,16,18). The topological polar surface area (TPSA) is 35.2 Å². The summed E-state index contributed by atoms with van der Waals surface area (Å²) in [6.07, 6.45) is 7.54. The normalized spacial score (nSPS) is 20.9. The minimum atomic E-state index is -0.0345. The molecule has 1 aliphatic carbocycles. The van der Waals surface area contributed by atoms with Crippen LogP contribution in [0.2, 0.25) is 0 Å². The van der Waals surface area contributed by atoms with Gasteiger partial charge in [0, 0.05) is 12.0 Å². The molecule has 0 radical (unpaired) electrons. The summed E-state index contributed by atoms with van der Waals surface area (Å²) in [5.41, 5.74) is 6.20. The molecule has 0 aliphatic heterocycles. The Bertz CT molecular complexity index is 276. The SMILES string of the molecule is CC1(C)CCC(OCCCC(C)(C)C(N)=S)CC1. The number of rotatable bonds is 6. The van der Waals surface area contributed by atoms with E-state index in [0.29, 0.717) is 16.5 Å². The first-order valence-corrected chi connectivity index (χ1v) is 7.55. The van der Waals surface area contributed by atoms with E-state index in [1.54, 1.807) is 0 Å². The van der Waals surface area contributed by atoms with E-state index in [4.69, 9.17) is 22.7 Å². The fraction of sp³-hybridized carbons (Fsp3) is 0.933. The van der Waals surface area contributed by atoms with Gasteiger partial charge in [-0.3, -0.25) is 0 Å². The highest BCUT2D eigenvalue weighted by atomic mass is 32.1. The van der Waals surface area contributed by atoms with Crippen LogP contribution in [0.1, 0.15) is 66.2 Å². The quantitative estimate of drug-likeness (QED) is 0.584. The third kappa shape index (κ3) is 5.23. The zero-order chi connectivity index (χ0) is 13.8. The predicted molar refractivity (Wildman–Crippen MR) is 81.8 cm³/mol. The molecule has 3 heteroatoms. The summed E-state index contributed by atoms with van der Waals surface area (Å²) in [7, 11) is 0. The Labute approximate surface area is 118 Å². The zero-order valence-corrected chi connectivity index (χ0v) is 13.2. The molecule has 0 bridgehead atoms. The summed E-state index contributed by atoms with van der Waals surface area (Å²) in [6.45, 7) is 9.77. The van der Waals surface area contributed by atoms with Gasteiger partial charge in [-0.25, -0.2) is 0 Å². The van der Waals surface area contributed by atoms with Gasteiger partial charge >= 0.3 is 0 Å². The molecular formula is C15H29NOS. The van der Waals surface area contributed by atoms with E-state index in [1.807, 2.05) is 0 Å². The van der Waals surface area contributed by atoms with Crippen LogP contribution >= 0.6 is 12.2 Å². The van der Waals surface area contributed by atoms with Gasteiger partial charge in [-0.05, 0) is 43.9 Å². The molecule has 0 aromatic rings. The van der Waals surface area contributed by atoms with E-state index >= 15 is 0 Å². The van der Waals surface area contributed by atoms with Crippen LogP contribution in [-0.4, -0.2) is 17.7 Å². The predicted octanol–water partition coefficient (Wildman–Crippen LogP) is 4.06. The van der Waals surface area contributed by atoms with Crippen molar-refractivity contribution >= 4 is 17.2 Å². The lowest BCUT2D eigenvalue weighted by Gasteiger charge is -2.34. The van der Waals surface area contributed by atoms with Crippen molar-refractivity contribution in [1.82, 2.24) is 0 Å². The molecule has 2 nitrogen and oxygen atoms in total. The van der Waals surface area contributed by atoms with E-state index in [-0.39, 0.29) is 5.41 Å². The van der Waals surface area contributed by atoms with E-state index < -0.39 is 0 Å². The maximum Gasteiger partial charge on any atom is 0.0784 e. The lowest BCUT2D eigenvalue weighted by atomic mass is 9.76. The van der Waals surface area contributed by atoms with Crippen LogP contribution in [0.25, 0.3) is 0 Å². The Morgan fingerprint density at radius 1 is 1.33 bits per heavy atom. The highest BCUT2D eigenvalue weighted by Gasteiger charge is 2.27. The van der Waals surface area contributed by atoms with Gasteiger partial charge in [0.25, 0.3) is 0 Å². The second-order valence-electron chi connectivity index (χ2n) is 7.09. The molecule has 1 rings (SSSR count). The van der Waals surface area contributed by atoms with Crippen molar-refractivity contribution in [1.29, 1.82) is 0 Å². The van der Waals surface area contributed by atoms with Crippen LogP contribution in [0.15, 0.2) is 0 Å². The van der Waals surface area contributed by atoms with E-state index in [1.165, 1.54) is 25.7 Å². The molecule has 1 saturated carbocycles. The van der Waals surface area contributed by atoms with Gasteiger partial charge in [0.1, 0.15) is 0 Å². The molecule has 0 heterocycles. The maximum absolute atomic E-state index is 5.97. The van der Waals surface area contributed by atoms with Crippen molar-refractivity contribution in [3.8, 4) is 0 Å². The first-order valence-electron chi connectivity index (χ1n) is 7.14. The van der Waals surface area contributed by atoms with Crippen molar-refractivity contribution in [3.05, 3.63) is 0 Å². The highest BCUT2D eigenvalue weighted by molar-refractivity contribution is 7.80. The highest BCUT2D eigenvalue weighted by Crippen LogP contribution is 2.36. The average Bonchev–Trinajstić information content (AvgIpc) is 2.26. The molecule has 0 saturated heterocycles. The number of thiocarbonyl (C=S) groups is 1. The van der Waals surface area contributed by atoms with Crippen molar-refractivity contribution in [2.75, 3.05) is 6.61 Å². The molecule has 18 heavy (non-hydrogen) atoms. The molecular weight excluding hydrogens is 242 g/mol. The summed E-state index contributed by atoms with van der Waals surface area (Å²) >= 11 is 5.07. The summed E-state index contributed by atoms with van der Waals surface area (Å²) in [5, 5.41) is 0. The molecule has 106 valence electrons. The maximum atomic E-state index is 5.97. The van der Waals surface area contributed by atoms with Crippen LogP contribution in [0.3, 0.4) is 0 Å². The van der Waals surface area contributed by atoms with E-state index in [2.05, 4.69) is 27.7 Å². The van der Waals surface area contributed by atoms with Gasteiger partial charge in [-0.1, -0.05) is 39.9 Å². The van der Waals surface area contributed by atoms with E-state index in [9.17, 15) is 0 Å². The Morgan fingerprint density at radius 2 is 1.89 bits per heavy atom. The lowest BCUT2D eigenvalue weighted by molar-refractivity contribution is 0.00142. The largest absolute Gasteiger partial charge is 0.393 e. The van der Waals surface area contributed by atoms with E-state index in [0.717, 1.165) is 19.4 Å². The molecule has 1 fully saturated rings. The van der Waals surface area contributed by atoms with Crippen LogP contribution in [0.4, 0.5) is 0 Å². The number of nitrogens with two attached hydrogens (primary N) is 1.